The molecule has 0 amide bonds. The highest BCUT2D eigenvalue weighted by Gasteiger charge is 2.30. The smallest absolute Gasteiger partial charge is 0.225 e. The lowest BCUT2D eigenvalue weighted by molar-refractivity contribution is 0.559. The first-order valence-corrected chi connectivity index (χ1v) is 10.1. The molecule has 1 aliphatic heterocycles. The number of nitrogens with zero attached hydrogens (tertiary/aromatic N) is 6. The summed E-state index contributed by atoms with van der Waals surface area (Å²) in [5, 5.41) is 0. The van der Waals surface area contributed by atoms with Gasteiger partial charge >= 0.3 is 0 Å². The average Bonchev–Trinajstić information content (AvgIpc) is 3.47. The molecule has 1 saturated carbocycles. The van der Waals surface area contributed by atoms with Gasteiger partial charge in [0, 0.05) is 56.0 Å². The second-order valence-corrected chi connectivity index (χ2v) is 9.08. The molecular formula is C19H25BrN6. The van der Waals surface area contributed by atoms with E-state index in [-0.39, 0.29) is 5.41 Å². The fourth-order valence-corrected chi connectivity index (χ4v) is 3.33. The summed E-state index contributed by atoms with van der Waals surface area (Å²) in [6.07, 6.45) is 6.05. The molecule has 6 nitrogen and oxygen atoms in total. The Labute approximate surface area is 163 Å². The van der Waals surface area contributed by atoms with E-state index in [0.717, 1.165) is 53.9 Å². The number of hydrogen-bond acceptors (Lipinski definition) is 6. The number of anilines is 2. The van der Waals surface area contributed by atoms with Gasteiger partial charge in [0.05, 0.1) is 10.2 Å². The van der Waals surface area contributed by atoms with E-state index in [1.54, 1.807) is 12.4 Å². The summed E-state index contributed by atoms with van der Waals surface area (Å²) in [6.45, 7) is 10.3. The van der Waals surface area contributed by atoms with E-state index in [1.807, 2.05) is 0 Å². The minimum atomic E-state index is 0.0361. The van der Waals surface area contributed by atoms with E-state index in [4.69, 9.17) is 9.97 Å². The minimum Gasteiger partial charge on any atom is -0.353 e. The first-order valence-electron chi connectivity index (χ1n) is 9.27. The van der Waals surface area contributed by atoms with Crippen molar-refractivity contribution in [2.45, 2.75) is 44.9 Å². The Morgan fingerprint density at radius 2 is 1.58 bits per heavy atom. The van der Waals surface area contributed by atoms with Crippen molar-refractivity contribution in [1.82, 2.24) is 19.9 Å². The Balaban J connectivity index is 1.52. The largest absolute Gasteiger partial charge is 0.353 e. The maximum absolute atomic E-state index is 4.90. The molecule has 0 unspecified atom stereocenters. The zero-order chi connectivity index (χ0) is 18.3. The lowest BCUT2D eigenvalue weighted by Crippen LogP contribution is -2.47. The summed E-state index contributed by atoms with van der Waals surface area (Å²) in [5.41, 5.74) is 1.18. The molecule has 0 radical (unpaired) electrons. The lowest BCUT2D eigenvalue weighted by atomic mass is 9.91. The zero-order valence-corrected chi connectivity index (χ0v) is 17.2. The molecule has 138 valence electrons. The lowest BCUT2D eigenvalue weighted by Gasteiger charge is -2.36. The predicted molar refractivity (Wildman–Crippen MR) is 107 cm³/mol. The Hall–Kier alpha value is -1.76. The number of rotatable bonds is 3. The van der Waals surface area contributed by atoms with Crippen molar-refractivity contribution in [2.24, 2.45) is 0 Å². The molecule has 1 aliphatic carbocycles. The van der Waals surface area contributed by atoms with Gasteiger partial charge in [0.2, 0.25) is 5.95 Å². The normalized spacial score (nSPS) is 18.3. The Morgan fingerprint density at radius 3 is 2.15 bits per heavy atom. The van der Waals surface area contributed by atoms with E-state index in [1.165, 1.54) is 12.8 Å². The second kappa shape index (κ2) is 6.76. The van der Waals surface area contributed by atoms with Crippen molar-refractivity contribution >= 4 is 27.7 Å². The van der Waals surface area contributed by atoms with Gasteiger partial charge in [0.1, 0.15) is 11.6 Å². The van der Waals surface area contributed by atoms with Crippen LogP contribution < -0.4 is 9.80 Å². The van der Waals surface area contributed by atoms with Crippen molar-refractivity contribution in [2.75, 3.05) is 36.0 Å². The van der Waals surface area contributed by atoms with Crippen LogP contribution in [0.4, 0.5) is 11.8 Å². The van der Waals surface area contributed by atoms with Gasteiger partial charge in [-0.2, -0.15) is 0 Å². The van der Waals surface area contributed by atoms with E-state index < -0.39 is 0 Å². The molecule has 0 atom stereocenters. The molecule has 7 heteroatoms. The molecule has 1 saturated heterocycles. The molecule has 2 aromatic heterocycles. The molecule has 26 heavy (non-hydrogen) atoms. The fraction of sp³-hybridized carbons (Fsp3) is 0.579. The first kappa shape index (κ1) is 17.6. The van der Waals surface area contributed by atoms with Crippen LogP contribution >= 0.6 is 15.9 Å². The third-order valence-corrected chi connectivity index (χ3v) is 5.34. The van der Waals surface area contributed by atoms with E-state index in [0.29, 0.717) is 5.92 Å². The maximum atomic E-state index is 4.90. The summed E-state index contributed by atoms with van der Waals surface area (Å²) in [7, 11) is 0. The van der Waals surface area contributed by atoms with Crippen molar-refractivity contribution in [3.8, 4) is 0 Å². The third kappa shape index (κ3) is 3.82. The fourth-order valence-electron chi connectivity index (χ4n) is 3.13. The molecule has 0 spiro atoms. The molecule has 0 bridgehead atoms. The van der Waals surface area contributed by atoms with Crippen LogP contribution in [0.2, 0.25) is 0 Å². The molecule has 2 fully saturated rings. The minimum absolute atomic E-state index is 0.0361. The number of piperazine rings is 1. The molecular weight excluding hydrogens is 392 g/mol. The standard InChI is InChI=1S/C19H25BrN6/c1-19(2,3)15-10-16(24-17(23-15)13-4-5-13)25-6-8-26(9-7-25)18-21-11-14(20)12-22-18/h10-13H,4-9H2,1-3H3. The molecule has 2 aromatic rings. The summed E-state index contributed by atoms with van der Waals surface area (Å²) in [6, 6.07) is 2.18. The summed E-state index contributed by atoms with van der Waals surface area (Å²) < 4.78 is 0.906. The quantitative estimate of drug-likeness (QED) is 0.762. The summed E-state index contributed by atoms with van der Waals surface area (Å²) in [5.74, 6) is 3.47. The van der Waals surface area contributed by atoms with Crippen LogP contribution in [-0.2, 0) is 5.41 Å². The van der Waals surface area contributed by atoms with E-state index >= 15 is 0 Å². The molecule has 0 aromatic carbocycles. The molecule has 2 aliphatic rings. The summed E-state index contributed by atoms with van der Waals surface area (Å²) >= 11 is 3.39. The zero-order valence-electron chi connectivity index (χ0n) is 15.6. The topological polar surface area (TPSA) is 58.0 Å². The molecule has 4 rings (SSSR count). The highest BCUT2D eigenvalue weighted by Crippen LogP contribution is 2.39. The van der Waals surface area contributed by atoms with Gasteiger partial charge in [-0.3, -0.25) is 0 Å². The number of halogens is 1. The van der Waals surface area contributed by atoms with Gasteiger partial charge in [-0.05, 0) is 28.8 Å². The SMILES string of the molecule is CC(C)(C)c1cc(N2CCN(c3ncc(Br)cn3)CC2)nc(C2CC2)n1. The number of hydrogen-bond donors (Lipinski definition) is 0. The van der Waals surface area contributed by atoms with Crippen molar-refractivity contribution in [1.29, 1.82) is 0 Å². The molecule has 0 N–H and O–H groups in total. The van der Waals surface area contributed by atoms with Gasteiger partial charge in [0.25, 0.3) is 0 Å². The van der Waals surface area contributed by atoms with Crippen LogP contribution in [0.25, 0.3) is 0 Å². The third-order valence-electron chi connectivity index (χ3n) is 4.93. The second-order valence-electron chi connectivity index (χ2n) is 8.17. The van der Waals surface area contributed by atoms with Gasteiger partial charge in [-0.1, -0.05) is 20.8 Å². The van der Waals surface area contributed by atoms with Gasteiger partial charge in [-0.15, -0.1) is 0 Å². The maximum Gasteiger partial charge on any atom is 0.225 e. The Morgan fingerprint density at radius 1 is 0.962 bits per heavy atom. The number of aromatic nitrogens is 4. The van der Waals surface area contributed by atoms with Crippen LogP contribution in [0.3, 0.4) is 0 Å². The Bertz CT molecular complexity index is 774. The highest BCUT2D eigenvalue weighted by molar-refractivity contribution is 9.10. The van der Waals surface area contributed by atoms with Gasteiger partial charge in [0.15, 0.2) is 0 Å². The predicted octanol–water partition coefficient (Wildman–Crippen LogP) is 3.53. The summed E-state index contributed by atoms with van der Waals surface area (Å²) in [4.78, 5) is 23.2. The van der Waals surface area contributed by atoms with Gasteiger partial charge in [-0.25, -0.2) is 19.9 Å². The van der Waals surface area contributed by atoms with Crippen molar-refractivity contribution < 1.29 is 0 Å². The Kier molecular flexibility index (Phi) is 4.59. The molecule has 3 heterocycles. The van der Waals surface area contributed by atoms with E-state index in [9.17, 15) is 0 Å². The van der Waals surface area contributed by atoms with Crippen LogP contribution in [0.5, 0.6) is 0 Å². The van der Waals surface area contributed by atoms with Crippen LogP contribution in [0, 0.1) is 0 Å². The highest BCUT2D eigenvalue weighted by atomic mass is 79.9. The van der Waals surface area contributed by atoms with Crippen LogP contribution in [-0.4, -0.2) is 46.1 Å². The van der Waals surface area contributed by atoms with Crippen LogP contribution in [0.15, 0.2) is 22.9 Å². The monoisotopic (exact) mass is 416 g/mol. The van der Waals surface area contributed by atoms with Crippen molar-refractivity contribution in [3.63, 3.8) is 0 Å². The average molecular weight is 417 g/mol. The van der Waals surface area contributed by atoms with E-state index in [2.05, 4.69) is 62.5 Å². The van der Waals surface area contributed by atoms with Gasteiger partial charge < -0.3 is 9.80 Å². The first-order chi connectivity index (χ1) is 12.4. The van der Waals surface area contributed by atoms with Crippen molar-refractivity contribution in [3.05, 3.63) is 34.5 Å². The van der Waals surface area contributed by atoms with Crippen LogP contribution in [0.1, 0.15) is 51.0 Å².